The van der Waals surface area contributed by atoms with Gasteiger partial charge in [0.05, 0.1) is 6.04 Å². The molecule has 0 fully saturated rings. The van der Waals surface area contributed by atoms with Gasteiger partial charge in [0.15, 0.2) is 0 Å². The number of hydrogen-bond donors (Lipinski definition) is 1. The Morgan fingerprint density at radius 1 is 1.28 bits per heavy atom. The van der Waals surface area contributed by atoms with Crippen LogP contribution in [0.2, 0.25) is 0 Å². The quantitative estimate of drug-likeness (QED) is 0.696. The van der Waals surface area contributed by atoms with Crippen molar-refractivity contribution in [2.75, 3.05) is 13.2 Å². The van der Waals surface area contributed by atoms with Crippen molar-refractivity contribution < 1.29 is 14.3 Å². The van der Waals surface area contributed by atoms with Gasteiger partial charge < -0.3 is 15.0 Å². The Labute approximate surface area is 167 Å². The van der Waals surface area contributed by atoms with Crippen LogP contribution in [0.4, 0.5) is 0 Å². The molecule has 1 N–H and O–H groups in total. The van der Waals surface area contributed by atoms with Crippen LogP contribution in [0.1, 0.15) is 26.4 Å². The fourth-order valence-corrected chi connectivity index (χ4v) is 3.21. The summed E-state index contributed by atoms with van der Waals surface area (Å²) in [5.41, 5.74) is 1.72. The second kappa shape index (κ2) is 8.09. The number of aromatic nitrogens is 4. The van der Waals surface area contributed by atoms with Crippen molar-refractivity contribution in [3.05, 3.63) is 71.9 Å². The summed E-state index contributed by atoms with van der Waals surface area (Å²) in [4.78, 5) is 35.4. The van der Waals surface area contributed by atoms with Crippen molar-refractivity contribution in [1.29, 1.82) is 0 Å². The van der Waals surface area contributed by atoms with Crippen LogP contribution >= 0.6 is 0 Å². The summed E-state index contributed by atoms with van der Waals surface area (Å²) in [6.07, 6.45) is 4.36. The molecular formula is C20H20N6O3. The third kappa shape index (κ3) is 3.93. The van der Waals surface area contributed by atoms with Crippen LogP contribution in [0.15, 0.2) is 55.1 Å². The molecule has 0 radical (unpaired) electrons. The molecule has 1 aliphatic heterocycles. The predicted molar refractivity (Wildman–Crippen MR) is 103 cm³/mol. The Balaban J connectivity index is 1.57. The van der Waals surface area contributed by atoms with Gasteiger partial charge in [-0.2, -0.15) is 5.10 Å². The van der Waals surface area contributed by atoms with Crippen molar-refractivity contribution in [2.45, 2.75) is 12.6 Å². The number of rotatable bonds is 5. The zero-order valence-electron chi connectivity index (χ0n) is 15.9. The minimum absolute atomic E-state index is 0.203. The van der Waals surface area contributed by atoms with E-state index in [0.29, 0.717) is 17.8 Å². The van der Waals surface area contributed by atoms with Crippen molar-refractivity contribution >= 4 is 11.8 Å². The molecule has 0 aliphatic carbocycles. The zero-order valence-corrected chi connectivity index (χ0v) is 15.9. The fraction of sp³-hybridized carbons (Fsp3) is 0.250. The van der Waals surface area contributed by atoms with Gasteiger partial charge in [0.2, 0.25) is 5.88 Å². The molecule has 148 valence electrons. The molecule has 9 nitrogen and oxygen atoms in total. The number of carbonyl (C=O) groups is 2. The maximum absolute atomic E-state index is 13.2. The summed E-state index contributed by atoms with van der Waals surface area (Å²) < 4.78 is 7.26. The highest BCUT2D eigenvalue weighted by molar-refractivity contribution is 5.96. The molecule has 29 heavy (non-hydrogen) atoms. The lowest BCUT2D eigenvalue weighted by Crippen LogP contribution is -2.48. The first kappa shape index (κ1) is 18.6. The molecule has 1 unspecified atom stereocenters. The summed E-state index contributed by atoms with van der Waals surface area (Å²) in [5, 5.41) is 6.89. The van der Waals surface area contributed by atoms with Crippen molar-refractivity contribution in [3.63, 3.8) is 0 Å². The van der Waals surface area contributed by atoms with Crippen LogP contribution in [-0.2, 0) is 13.6 Å². The predicted octanol–water partition coefficient (Wildman–Crippen LogP) is 1.04. The van der Waals surface area contributed by atoms with Crippen LogP contribution in [0, 0.1) is 0 Å². The first-order valence-electron chi connectivity index (χ1n) is 9.17. The largest absolute Gasteiger partial charge is 0.475 e. The van der Waals surface area contributed by atoms with Crippen LogP contribution < -0.4 is 10.1 Å². The van der Waals surface area contributed by atoms with E-state index in [-0.39, 0.29) is 36.9 Å². The zero-order chi connectivity index (χ0) is 20.2. The maximum Gasteiger partial charge on any atom is 0.269 e. The van der Waals surface area contributed by atoms with E-state index in [0.717, 1.165) is 5.56 Å². The molecule has 2 amide bonds. The molecule has 2 aromatic heterocycles. The van der Waals surface area contributed by atoms with Gasteiger partial charge in [0.1, 0.15) is 24.2 Å². The van der Waals surface area contributed by atoms with Crippen LogP contribution in [0.3, 0.4) is 0 Å². The average Bonchev–Trinajstić information content (AvgIpc) is 3.13. The topological polar surface area (TPSA) is 102 Å². The molecule has 1 aromatic carbocycles. The van der Waals surface area contributed by atoms with E-state index >= 15 is 0 Å². The number of nitrogens with one attached hydrogen (secondary N) is 1. The minimum Gasteiger partial charge on any atom is -0.475 e. The SMILES string of the molecule is Cn1nccc1C(=O)NCC1COc2ncncc2C(=O)N1Cc1ccccc1. The summed E-state index contributed by atoms with van der Waals surface area (Å²) in [6.45, 7) is 0.807. The third-order valence-electron chi connectivity index (χ3n) is 4.77. The summed E-state index contributed by atoms with van der Waals surface area (Å²) in [5.74, 6) is -0.246. The second-order valence-corrected chi connectivity index (χ2v) is 6.68. The molecule has 1 atom stereocenters. The van der Waals surface area contributed by atoms with E-state index in [1.807, 2.05) is 30.3 Å². The van der Waals surface area contributed by atoms with Gasteiger partial charge in [-0.3, -0.25) is 14.3 Å². The van der Waals surface area contributed by atoms with Gasteiger partial charge in [0, 0.05) is 32.5 Å². The molecule has 0 saturated heterocycles. The van der Waals surface area contributed by atoms with E-state index in [1.165, 1.54) is 17.2 Å². The minimum atomic E-state index is -0.380. The van der Waals surface area contributed by atoms with Gasteiger partial charge in [-0.25, -0.2) is 9.97 Å². The number of ether oxygens (including phenoxy) is 1. The van der Waals surface area contributed by atoms with Gasteiger partial charge >= 0.3 is 0 Å². The highest BCUT2D eigenvalue weighted by Gasteiger charge is 2.32. The Kier molecular flexibility index (Phi) is 5.19. The standard InChI is InChI=1S/C20H20N6O3/c1-25-17(7-8-24-25)18(27)22-9-15-12-29-19-16(10-21-13-23-19)20(28)26(15)11-14-5-3-2-4-6-14/h2-8,10,13,15H,9,11-12H2,1H3,(H,22,27). The number of fused-ring (bicyclic) bond motifs is 1. The van der Waals surface area contributed by atoms with Crippen LogP contribution in [-0.4, -0.2) is 55.7 Å². The van der Waals surface area contributed by atoms with E-state index < -0.39 is 0 Å². The molecule has 4 rings (SSSR count). The number of hydrogen-bond acceptors (Lipinski definition) is 6. The Morgan fingerprint density at radius 2 is 2.10 bits per heavy atom. The summed E-state index contributed by atoms with van der Waals surface area (Å²) in [6, 6.07) is 10.9. The summed E-state index contributed by atoms with van der Waals surface area (Å²) >= 11 is 0. The second-order valence-electron chi connectivity index (χ2n) is 6.68. The lowest BCUT2D eigenvalue weighted by Gasteiger charge is -2.29. The molecule has 0 spiro atoms. The van der Waals surface area contributed by atoms with Gasteiger partial charge in [-0.1, -0.05) is 30.3 Å². The monoisotopic (exact) mass is 392 g/mol. The third-order valence-corrected chi connectivity index (χ3v) is 4.77. The van der Waals surface area contributed by atoms with Crippen molar-refractivity contribution in [3.8, 4) is 5.88 Å². The van der Waals surface area contributed by atoms with Gasteiger partial charge in [-0.15, -0.1) is 0 Å². The molecule has 3 heterocycles. The van der Waals surface area contributed by atoms with Crippen molar-refractivity contribution in [2.24, 2.45) is 7.05 Å². The van der Waals surface area contributed by atoms with E-state index in [4.69, 9.17) is 4.74 Å². The van der Waals surface area contributed by atoms with E-state index in [1.54, 1.807) is 24.2 Å². The van der Waals surface area contributed by atoms with Crippen LogP contribution in [0.5, 0.6) is 5.88 Å². The Bertz CT molecular complexity index is 1020. The van der Waals surface area contributed by atoms with E-state index in [2.05, 4.69) is 20.4 Å². The number of benzene rings is 1. The molecule has 0 saturated carbocycles. The number of amides is 2. The number of carbonyl (C=O) groups excluding carboxylic acids is 2. The number of aryl methyl sites for hydroxylation is 1. The molecule has 9 heteroatoms. The normalized spacial score (nSPS) is 16.0. The lowest BCUT2D eigenvalue weighted by molar-refractivity contribution is 0.0621. The average molecular weight is 392 g/mol. The smallest absolute Gasteiger partial charge is 0.269 e. The first-order valence-corrected chi connectivity index (χ1v) is 9.17. The summed E-state index contributed by atoms with van der Waals surface area (Å²) in [7, 11) is 1.70. The van der Waals surface area contributed by atoms with E-state index in [9.17, 15) is 9.59 Å². The van der Waals surface area contributed by atoms with Gasteiger partial charge in [0.25, 0.3) is 11.8 Å². The van der Waals surface area contributed by atoms with Gasteiger partial charge in [-0.05, 0) is 11.6 Å². The maximum atomic E-state index is 13.2. The highest BCUT2D eigenvalue weighted by Crippen LogP contribution is 2.23. The van der Waals surface area contributed by atoms with Crippen LogP contribution in [0.25, 0.3) is 0 Å². The molecule has 0 bridgehead atoms. The van der Waals surface area contributed by atoms with Crippen molar-refractivity contribution in [1.82, 2.24) is 30.0 Å². The molecule has 1 aliphatic rings. The fourth-order valence-electron chi connectivity index (χ4n) is 3.21. The Hall–Kier alpha value is -3.75. The lowest BCUT2D eigenvalue weighted by atomic mass is 10.1. The highest BCUT2D eigenvalue weighted by atomic mass is 16.5. The molecule has 3 aromatic rings. The number of nitrogens with zero attached hydrogens (tertiary/aromatic N) is 5. The molecular weight excluding hydrogens is 372 g/mol. The first-order chi connectivity index (χ1) is 14.1. The Morgan fingerprint density at radius 3 is 2.86 bits per heavy atom.